The van der Waals surface area contributed by atoms with Crippen molar-refractivity contribution in [1.29, 1.82) is 0 Å². The summed E-state index contributed by atoms with van der Waals surface area (Å²) in [5.74, 6) is 0.675. The lowest BCUT2D eigenvalue weighted by atomic mass is 10.1. The molecule has 1 saturated heterocycles. The lowest BCUT2D eigenvalue weighted by Crippen LogP contribution is -2.50. The van der Waals surface area contributed by atoms with Crippen molar-refractivity contribution in [1.82, 2.24) is 9.80 Å². The number of carbonyl (C=O) groups excluding carboxylic acids is 2. The van der Waals surface area contributed by atoms with Gasteiger partial charge in [0.2, 0.25) is 5.91 Å². The van der Waals surface area contributed by atoms with Crippen LogP contribution in [0.1, 0.15) is 10.4 Å². The first kappa shape index (κ1) is 21.8. The number of methoxy groups -OCH3 is 1. The maximum absolute atomic E-state index is 12.7. The molecule has 8 heteroatoms. The van der Waals surface area contributed by atoms with E-state index in [1.54, 1.807) is 39.4 Å². The molecule has 2 aromatic rings. The maximum atomic E-state index is 12.7. The van der Waals surface area contributed by atoms with Gasteiger partial charge in [-0.2, -0.15) is 0 Å². The number of amides is 2. The number of hydrogen-bond donors (Lipinski definition) is 1. The summed E-state index contributed by atoms with van der Waals surface area (Å²) in [5, 5.41) is 3.60. The quantitative estimate of drug-likeness (QED) is 0.763. The Bertz CT molecular complexity index is 894. The first-order valence-corrected chi connectivity index (χ1v) is 10.2. The van der Waals surface area contributed by atoms with Crippen molar-refractivity contribution >= 4 is 34.8 Å². The zero-order valence-corrected chi connectivity index (χ0v) is 18.3. The fraction of sp³-hybridized carbons (Fsp3) is 0.364. The number of nitrogens with one attached hydrogen (secondary N) is 1. The summed E-state index contributed by atoms with van der Waals surface area (Å²) in [6.07, 6.45) is 0. The van der Waals surface area contributed by atoms with E-state index >= 15 is 0 Å². The monoisotopic (exact) mass is 430 g/mol. The molecule has 1 aliphatic rings. The zero-order valence-electron chi connectivity index (χ0n) is 17.5. The van der Waals surface area contributed by atoms with Crippen molar-refractivity contribution < 1.29 is 14.3 Å². The molecule has 0 aromatic heterocycles. The molecule has 1 N–H and O–H groups in total. The number of benzene rings is 2. The van der Waals surface area contributed by atoms with E-state index in [1.807, 2.05) is 29.2 Å². The van der Waals surface area contributed by atoms with Crippen LogP contribution in [0.25, 0.3) is 0 Å². The van der Waals surface area contributed by atoms with Crippen LogP contribution in [-0.2, 0) is 4.79 Å². The van der Waals surface area contributed by atoms with Gasteiger partial charge in [0.25, 0.3) is 5.91 Å². The normalized spacial score (nSPS) is 13.7. The third-order valence-electron chi connectivity index (χ3n) is 5.12. The molecule has 0 atom stereocenters. The van der Waals surface area contributed by atoms with E-state index in [1.165, 1.54) is 4.90 Å². The molecule has 1 heterocycles. The number of piperazine rings is 1. The van der Waals surface area contributed by atoms with Crippen LogP contribution in [0.3, 0.4) is 0 Å². The van der Waals surface area contributed by atoms with E-state index in [0.29, 0.717) is 29.4 Å². The molecule has 0 aliphatic carbocycles. The summed E-state index contributed by atoms with van der Waals surface area (Å²) >= 11 is 6.08. The minimum atomic E-state index is -0.144. The topological polar surface area (TPSA) is 65.1 Å². The van der Waals surface area contributed by atoms with E-state index in [0.717, 1.165) is 24.5 Å². The van der Waals surface area contributed by atoms with E-state index < -0.39 is 0 Å². The van der Waals surface area contributed by atoms with Gasteiger partial charge < -0.3 is 24.8 Å². The summed E-state index contributed by atoms with van der Waals surface area (Å²) in [5.41, 5.74) is 2.17. The second kappa shape index (κ2) is 9.71. The molecule has 1 aliphatic heterocycles. The predicted octanol–water partition coefficient (Wildman–Crippen LogP) is 2.81. The standard InChI is InChI=1S/C22H27ClN4O3/c1-25(2)22(29)19-9-4-16(23)14-20(19)24-15-21(28)27-12-10-26(11-13-27)17-5-7-18(30-3)8-6-17/h4-9,14,24H,10-13,15H2,1-3H3. The number of nitrogens with zero attached hydrogens (tertiary/aromatic N) is 3. The highest BCUT2D eigenvalue weighted by molar-refractivity contribution is 6.31. The number of rotatable bonds is 6. The minimum absolute atomic E-state index is 0.00684. The van der Waals surface area contributed by atoms with Crippen LogP contribution < -0.4 is 15.0 Å². The molecular weight excluding hydrogens is 404 g/mol. The Morgan fingerprint density at radius 1 is 1.07 bits per heavy atom. The van der Waals surface area contributed by atoms with Crippen LogP contribution in [0.15, 0.2) is 42.5 Å². The van der Waals surface area contributed by atoms with E-state index in [2.05, 4.69) is 10.2 Å². The van der Waals surface area contributed by atoms with Gasteiger partial charge in [0.05, 0.1) is 19.2 Å². The van der Waals surface area contributed by atoms with Crippen molar-refractivity contribution in [2.75, 3.05) is 64.1 Å². The molecule has 160 valence electrons. The molecule has 7 nitrogen and oxygen atoms in total. The lowest BCUT2D eigenvalue weighted by molar-refractivity contribution is -0.129. The summed E-state index contributed by atoms with van der Waals surface area (Å²) in [6.45, 7) is 2.92. The van der Waals surface area contributed by atoms with Crippen LogP contribution in [0.5, 0.6) is 5.75 Å². The van der Waals surface area contributed by atoms with Gasteiger partial charge in [0, 0.05) is 56.7 Å². The van der Waals surface area contributed by atoms with Crippen molar-refractivity contribution in [3.05, 3.63) is 53.1 Å². The second-order valence-electron chi connectivity index (χ2n) is 7.31. The van der Waals surface area contributed by atoms with E-state index in [9.17, 15) is 9.59 Å². The van der Waals surface area contributed by atoms with E-state index in [4.69, 9.17) is 16.3 Å². The van der Waals surface area contributed by atoms with Crippen molar-refractivity contribution in [3.63, 3.8) is 0 Å². The fourth-order valence-electron chi connectivity index (χ4n) is 3.38. The minimum Gasteiger partial charge on any atom is -0.497 e. The molecular formula is C22H27ClN4O3. The number of carbonyl (C=O) groups is 2. The SMILES string of the molecule is COc1ccc(N2CCN(C(=O)CNc3cc(Cl)ccc3C(=O)N(C)C)CC2)cc1. The first-order chi connectivity index (χ1) is 14.4. The molecule has 2 amide bonds. The van der Waals surface area contributed by atoms with Gasteiger partial charge in [-0.25, -0.2) is 0 Å². The molecule has 30 heavy (non-hydrogen) atoms. The van der Waals surface area contributed by atoms with Crippen LogP contribution in [0, 0.1) is 0 Å². The molecule has 0 radical (unpaired) electrons. The van der Waals surface area contributed by atoms with Crippen LogP contribution in [0.4, 0.5) is 11.4 Å². The molecule has 0 saturated carbocycles. The van der Waals surface area contributed by atoms with Gasteiger partial charge in [-0.05, 0) is 42.5 Å². The molecule has 1 fully saturated rings. The highest BCUT2D eigenvalue weighted by atomic mass is 35.5. The Hall–Kier alpha value is -2.93. The smallest absolute Gasteiger partial charge is 0.255 e. The Morgan fingerprint density at radius 2 is 1.73 bits per heavy atom. The number of ether oxygens (including phenoxy) is 1. The molecule has 2 aromatic carbocycles. The van der Waals surface area contributed by atoms with Gasteiger partial charge in [0.1, 0.15) is 5.75 Å². The first-order valence-electron chi connectivity index (χ1n) is 9.81. The van der Waals surface area contributed by atoms with Crippen molar-refractivity contribution in [2.45, 2.75) is 0 Å². The van der Waals surface area contributed by atoms with Crippen molar-refractivity contribution in [2.24, 2.45) is 0 Å². The maximum Gasteiger partial charge on any atom is 0.255 e. The Morgan fingerprint density at radius 3 is 2.33 bits per heavy atom. The molecule has 0 spiro atoms. The zero-order chi connectivity index (χ0) is 21.7. The summed E-state index contributed by atoms with van der Waals surface area (Å²) in [6, 6.07) is 12.9. The van der Waals surface area contributed by atoms with Gasteiger partial charge in [-0.3, -0.25) is 9.59 Å². The number of anilines is 2. The molecule has 3 rings (SSSR count). The molecule has 0 bridgehead atoms. The summed E-state index contributed by atoms with van der Waals surface area (Å²) in [7, 11) is 5.03. The highest BCUT2D eigenvalue weighted by Gasteiger charge is 2.22. The molecule has 0 unspecified atom stereocenters. The predicted molar refractivity (Wildman–Crippen MR) is 120 cm³/mol. The Labute approximate surface area is 182 Å². The lowest BCUT2D eigenvalue weighted by Gasteiger charge is -2.36. The number of hydrogen-bond acceptors (Lipinski definition) is 5. The van der Waals surface area contributed by atoms with Gasteiger partial charge in [0.15, 0.2) is 0 Å². The summed E-state index contributed by atoms with van der Waals surface area (Å²) < 4.78 is 5.20. The van der Waals surface area contributed by atoms with Gasteiger partial charge in [-0.1, -0.05) is 11.6 Å². The number of halogens is 1. The van der Waals surface area contributed by atoms with Crippen molar-refractivity contribution in [3.8, 4) is 5.75 Å². The van der Waals surface area contributed by atoms with Gasteiger partial charge >= 0.3 is 0 Å². The Balaban J connectivity index is 1.56. The second-order valence-corrected chi connectivity index (χ2v) is 7.75. The largest absolute Gasteiger partial charge is 0.497 e. The Kier molecular flexibility index (Phi) is 7.05. The van der Waals surface area contributed by atoms with Crippen LogP contribution in [-0.4, -0.2) is 75.5 Å². The van der Waals surface area contributed by atoms with Gasteiger partial charge in [-0.15, -0.1) is 0 Å². The van der Waals surface area contributed by atoms with Crippen LogP contribution >= 0.6 is 11.6 Å². The summed E-state index contributed by atoms with van der Waals surface area (Å²) in [4.78, 5) is 30.7. The third kappa shape index (κ3) is 5.16. The van der Waals surface area contributed by atoms with Crippen LogP contribution in [0.2, 0.25) is 5.02 Å². The average Bonchev–Trinajstić information content (AvgIpc) is 2.77. The fourth-order valence-corrected chi connectivity index (χ4v) is 3.55. The average molecular weight is 431 g/mol. The van der Waals surface area contributed by atoms with E-state index in [-0.39, 0.29) is 18.4 Å². The highest BCUT2D eigenvalue weighted by Crippen LogP contribution is 2.23. The third-order valence-corrected chi connectivity index (χ3v) is 5.35.